The van der Waals surface area contributed by atoms with Crippen LogP contribution in [0.3, 0.4) is 0 Å². The quantitative estimate of drug-likeness (QED) is 0.160. The molecule has 57 heavy (non-hydrogen) atoms. The number of hydrogen-bond donors (Lipinski definition) is 0. The lowest BCUT2D eigenvalue weighted by atomic mass is 10.0. The van der Waals surface area contributed by atoms with Gasteiger partial charge in [-0.05, 0) is 47.5 Å². The summed E-state index contributed by atoms with van der Waals surface area (Å²) in [5, 5.41) is 11.6. The van der Waals surface area contributed by atoms with E-state index in [2.05, 4.69) is 42.5 Å². The Hall–Kier alpha value is -7.73. The lowest BCUT2D eigenvalue weighted by molar-refractivity contribution is 1.07. The summed E-state index contributed by atoms with van der Waals surface area (Å²) in [5.74, 6) is 3.63. The van der Waals surface area contributed by atoms with Crippen LogP contribution in [0.5, 0.6) is 0 Å². The fourth-order valence-corrected chi connectivity index (χ4v) is 8.17. The van der Waals surface area contributed by atoms with E-state index in [1.807, 2.05) is 140 Å². The number of nitrogens with zero attached hydrogens (tertiary/aromatic N) is 7. The highest BCUT2D eigenvalue weighted by Gasteiger charge is 2.18. The van der Waals surface area contributed by atoms with Crippen molar-refractivity contribution in [3.05, 3.63) is 181 Å². The molecule has 3 aromatic heterocycles. The van der Waals surface area contributed by atoms with Crippen molar-refractivity contribution in [2.45, 2.75) is 0 Å². The van der Waals surface area contributed by atoms with E-state index in [1.54, 1.807) is 11.3 Å². The molecule has 0 N–H and O–H groups in total. The molecular formula is C49H29N7S. The minimum atomic E-state index is 0.579. The van der Waals surface area contributed by atoms with Crippen molar-refractivity contribution in [3.63, 3.8) is 0 Å². The van der Waals surface area contributed by atoms with Crippen LogP contribution >= 0.6 is 11.3 Å². The Balaban J connectivity index is 1.09. The maximum absolute atomic E-state index is 9.42. The molecule has 0 unspecified atom stereocenters. The number of thiophene rings is 1. The van der Waals surface area contributed by atoms with Crippen LogP contribution in [-0.4, -0.2) is 29.9 Å². The van der Waals surface area contributed by atoms with E-state index in [0.717, 1.165) is 64.7 Å². The van der Waals surface area contributed by atoms with E-state index >= 15 is 0 Å². The molecule has 0 fully saturated rings. The van der Waals surface area contributed by atoms with Gasteiger partial charge in [0.05, 0.1) is 11.6 Å². The Morgan fingerprint density at radius 1 is 0.351 bits per heavy atom. The summed E-state index contributed by atoms with van der Waals surface area (Å²) >= 11 is 1.72. The van der Waals surface area contributed by atoms with Gasteiger partial charge in [-0.2, -0.15) is 5.26 Å². The highest BCUT2D eigenvalue weighted by atomic mass is 32.1. The second-order valence-corrected chi connectivity index (χ2v) is 14.5. The average Bonchev–Trinajstić information content (AvgIpc) is 3.68. The van der Waals surface area contributed by atoms with Gasteiger partial charge in [-0.1, -0.05) is 140 Å². The summed E-state index contributed by atoms with van der Waals surface area (Å²) in [6, 6.07) is 60.7. The number of aromatic nitrogens is 6. The third-order valence-corrected chi connectivity index (χ3v) is 11.1. The average molecular weight is 748 g/mol. The Labute approximate surface area is 332 Å². The van der Waals surface area contributed by atoms with Crippen LogP contribution in [0.1, 0.15) is 5.56 Å². The third kappa shape index (κ3) is 6.59. The molecule has 0 saturated carbocycles. The zero-order chi connectivity index (χ0) is 38.1. The van der Waals surface area contributed by atoms with Gasteiger partial charge in [-0.3, -0.25) is 0 Å². The lowest BCUT2D eigenvalue weighted by Gasteiger charge is -2.10. The van der Waals surface area contributed by atoms with E-state index in [4.69, 9.17) is 29.9 Å². The third-order valence-electron chi connectivity index (χ3n) is 9.83. The van der Waals surface area contributed by atoms with E-state index in [0.29, 0.717) is 40.5 Å². The van der Waals surface area contributed by atoms with Crippen LogP contribution in [0.15, 0.2) is 176 Å². The second kappa shape index (κ2) is 14.5. The van der Waals surface area contributed by atoms with Crippen LogP contribution in [-0.2, 0) is 0 Å². The van der Waals surface area contributed by atoms with Gasteiger partial charge in [0.2, 0.25) is 0 Å². The number of nitriles is 1. The van der Waals surface area contributed by atoms with Crippen LogP contribution in [0.4, 0.5) is 0 Å². The minimum absolute atomic E-state index is 0.579. The molecule has 7 nitrogen and oxygen atoms in total. The smallest absolute Gasteiger partial charge is 0.165 e. The topological polar surface area (TPSA) is 101 Å². The second-order valence-electron chi connectivity index (χ2n) is 13.5. The molecule has 0 aliphatic rings. The highest BCUT2D eigenvalue weighted by Crippen LogP contribution is 2.41. The van der Waals surface area contributed by atoms with Gasteiger partial charge >= 0.3 is 0 Å². The number of fused-ring (bicyclic) bond motifs is 3. The van der Waals surface area contributed by atoms with E-state index in [9.17, 15) is 5.26 Å². The van der Waals surface area contributed by atoms with Gasteiger partial charge in [-0.15, -0.1) is 11.3 Å². The molecule has 0 aliphatic carbocycles. The summed E-state index contributed by atoms with van der Waals surface area (Å²) in [4.78, 5) is 30.0. The monoisotopic (exact) mass is 747 g/mol. The van der Waals surface area contributed by atoms with Crippen LogP contribution in [0.25, 0.3) is 99.6 Å². The Kier molecular flexibility index (Phi) is 8.60. The molecule has 3 heterocycles. The van der Waals surface area contributed by atoms with Gasteiger partial charge < -0.3 is 0 Å². The first kappa shape index (κ1) is 33.8. The normalized spacial score (nSPS) is 11.1. The molecule has 0 radical (unpaired) electrons. The van der Waals surface area contributed by atoms with E-state index in [1.165, 1.54) is 0 Å². The zero-order valence-electron chi connectivity index (χ0n) is 30.3. The van der Waals surface area contributed by atoms with Gasteiger partial charge in [0.1, 0.15) is 0 Å². The Morgan fingerprint density at radius 3 is 1.37 bits per heavy atom. The Morgan fingerprint density at radius 2 is 0.807 bits per heavy atom. The van der Waals surface area contributed by atoms with Crippen LogP contribution in [0, 0.1) is 11.3 Å². The van der Waals surface area contributed by atoms with E-state index in [-0.39, 0.29) is 0 Å². The van der Waals surface area contributed by atoms with Crippen LogP contribution < -0.4 is 0 Å². The van der Waals surface area contributed by atoms with Crippen molar-refractivity contribution in [1.29, 1.82) is 5.26 Å². The zero-order valence-corrected chi connectivity index (χ0v) is 31.1. The number of benzene rings is 7. The summed E-state index contributed by atoms with van der Waals surface area (Å²) in [6.07, 6.45) is 0. The van der Waals surface area contributed by atoms with Crippen molar-refractivity contribution in [3.8, 4) is 85.5 Å². The van der Waals surface area contributed by atoms with Crippen molar-refractivity contribution < 1.29 is 0 Å². The predicted octanol–water partition coefficient (Wildman–Crippen LogP) is 12.0. The molecule has 0 amide bonds. The largest absolute Gasteiger partial charge is 0.208 e. The molecule has 10 aromatic rings. The molecule has 0 spiro atoms. The maximum atomic E-state index is 9.42. The van der Waals surface area contributed by atoms with Crippen molar-refractivity contribution in [2.75, 3.05) is 0 Å². The number of hydrogen-bond acceptors (Lipinski definition) is 8. The first-order valence-electron chi connectivity index (χ1n) is 18.4. The van der Waals surface area contributed by atoms with Crippen molar-refractivity contribution in [2.24, 2.45) is 0 Å². The molecular weight excluding hydrogens is 719 g/mol. The Bertz CT molecular complexity index is 3060. The molecule has 0 saturated heterocycles. The van der Waals surface area contributed by atoms with Gasteiger partial charge in [-0.25, -0.2) is 29.9 Å². The molecule has 7 aromatic carbocycles. The number of rotatable bonds is 7. The maximum Gasteiger partial charge on any atom is 0.165 e. The first-order chi connectivity index (χ1) is 28.2. The van der Waals surface area contributed by atoms with Crippen LogP contribution in [0.2, 0.25) is 0 Å². The molecule has 0 aliphatic heterocycles. The molecule has 8 heteroatoms. The fourth-order valence-electron chi connectivity index (χ4n) is 6.97. The summed E-state index contributed by atoms with van der Waals surface area (Å²) < 4.78 is 2.22. The fraction of sp³-hybridized carbons (Fsp3) is 0. The van der Waals surface area contributed by atoms with Gasteiger partial charge in [0, 0.05) is 53.6 Å². The highest BCUT2D eigenvalue weighted by molar-refractivity contribution is 7.26. The summed E-state index contributed by atoms with van der Waals surface area (Å²) in [5.41, 5.74) is 8.07. The first-order valence-corrected chi connectivity index (χ1v) is 19.2. The summed E-state index contributed by atoms with van der Waals surface area (Å²) in [7, 11) is 0. The standard InChI is InChI=1S/C49H29N7S/c50-30-31-12-10-19-37(28-31)32-22-24-36(25-23-32)47-52-46(35-17-8-3-9-18-35)55-49(56-47)40-21-11-20-39-41-29-38(26-27-42(41)57-43(39)40)48-53-44(33-13-4-1-5-14-33)51-45(54-48)34-15-6-2-7-16-34/h1-29H. The molecule has 266 valence electrons. The molecule has 0 atom stereocenters. The minimum Gasteiger partial charge on any atom is -0.208 e. The molecule has 10 rings (SSSR count). The molecule has 0 bridgehead atoms. The van der Waals surface area contributed by atoms with E-state index < -0.39 is 0 Å². The van der Waals surface area contributed by atoms with Gasteiger partial charge in [0.25, 0.3) is 0 Å². The van der Waals surface area contributed by atoms with Crippen molar-refractivity contribution in [1.82, 2.24) is 29.9 Å². The summed E-state index contributed by atoms with van der Waals surface area (Å²) in [6.45, 7) is 0. The lowest BCUT2D eigenvalue weighted by Crippen LogP contribution is -2.00. The van der Waals surface area contributed by atoms with Crippen molar-refractivity contribution >= 4 is 31.5 Å². The predicted molar refractivity (Wildman–Crippen MR) is 229 cm³/mol. The van der Waals surface area contributed by atoms with Gasteiger partial charge in [0.15, 0.2) is 34.9 Å². The SMILES string of the molecule is N#Cc1cccc(-c2ccc(-c3nc(-c4ccccc4)nc(-c4cccc5c4sc4ccc(-c6nc(-c7ccccc7)nc(-c7ccccc7)n6)cc45)n3)cc2)c1.